The number of piperidine rings is 2. The Kier molecular flexibility index (Phi) is 10.7. The van der Waals surface area contributed by atoms with E-state index in [0.717, 1.165) is 80.9 Å². The number of hydrogen-bond donors (Lipinski definition) is 3. The maximum Gasteiger partial charge on any atom is 0.294 e. The summed E-state index contributed by atoms with van der Waals surface area (Å²) in [4.78, 5) is 69.7. The molecule has 3 aliphatic rings. The van der Waals surface area contributed by atoms with Crippen LogP contribution in [0.1, 0.15) is 37.3 Å². The summed E-state index contributed by atoms with van der Waals surface area (Å²) >= 11 is 6.55. The van der Waals surface area contributed by atoms with Gasteiger partial charge in [0, 0.05) is 89.8 Å². The zero-order valence-electron chi connectivity index (χ0n) is 32.1. The van der Waals surface area contributed by atoms with Gasteiger partial charge in [0.1, 0.15) is 10.7 Å². The number of pyridine rings is 2. The van der Waals surface area contributed by atoms with E-state index in [1.165, 1.54) is 11.6 Å². The number of likely N-dealkylation sites (N-methyl/N-ethyl adjacent to an activating group) is 1. The molecular formula is C39H45ClN12O5. The van der Waals surface area contributed by atoms with E-state index < -0.39 is 11.5 Å². The number of piperazine rings is 1. The van der Waals surface area contributed by atoms with Gasteiger partial charge in [0.25, 0.3) is 11.5 Å². The van der Waals surface area contributed by atoms with Gasteiger partial charge in [0.15, 0.2) is 18.2 Å². The SMILES string of the molecule is CNC(=O)COc1cc2cc(Nc3nc(N4CCC(CN5CCN(c6ccc7c(C8CCC(=O)NC8=O)nn(C)c7c6)CC5)CC4)ncc3Cl)cnc2n(C)c1=O. The molecule has 17 nitrogen and oxygen atoms in total. The van der Waals surface area contributed by atoms with Crippen LogP contribution in [0.3, 0.4) is 0 Å². The van der Waals surface area contributed by atoms with Crippen molar-refractivity contribution in [3.05, 3.63) is 63.8 Å². The second kappa shape index (κ2) is 16.0. The Bertz CT molecular complexity index is 2420. The fraction of sp³-hybridized carbons (Fsp3) is 0.436. The lowest BCUT2D eigenvalue weighted by atomic mass is 9.93. The topological polar surface area (TPSA) is 185 Å². The van der Waals surface area contributed by atoms with Crippen molar-refractivity contribution in [3.63, 3.8) is 0 Å². The highest BCUT2D eigenvalue weighted by Gasteiger charge is 2.32. The van der Waals surface area contributed by atoms with Crippen molar-refractivity contribution in [2.75, 3.05) is 74.6 Å². The second-order valence-corrected chi connectivity index (χ2v) is 15.3. The van der Waals surface area contributed by atoms with Crippen molar-refractivity contribution in [1.82, 2.24) is 44.8 Å². The Labute approximate surface area is 333 Å². The highest BCUT2D eigenvalue weighted by molar-refractivity contribution is 6.33. The number of aryl methyl sites for hydroxylation is 2. The minimum atomic E-state index is -0.416. The van der Waals surface area contributed by atoms with Crippen LogP contribution in [0.25, 0.3) is 21.9 Å². The van der Waals surface area contributed by atoms with E-state index in [1.54, 1.807) is 25.5 Å². The number of hydrogen-bond acceptors (Lipinski definition) is 13. The lowest BCUT2D eigenvalue weighted by Gasteiger charge is -2.39. The molecule has 3 amide bonds. The molecule has 5 aromatic rings. The number of fused-ring (bicyclic) bond motifs is 2. The fourth-order valence-corrected chi connectivity index (χ4v) is 8.14. The number of nitrogens with zero attached hydrogens (tertiary/aromatic N) is 9. The molecule has 3 fully saturated rings. The Morgan fingerprint density at radius 1 is 0.965 bits per heavy atom. The highest BCUT2D eigenvalue weighted by Crippen LogP contribution is 2.33. The molecular weight excluding hydrogens is 752 g/mol. The summed E-state index contributed by atoms with van der Waals surface area (Å²) in [5.74, 6) is 0.407. The van der Waals surface area contributed by atoms with Crippen molar-refractivity contribution in [3.8, 4) is 5.75 Å². The lowest BCUT2D eigenvalue weighted by molar-refractivity contribution is -0.134. The maximum absolute atomic E-state index is 12.8. The van der Waals surface area contributed by atoms with E-state index in [1.807, 2.05) is 17.8 Å². The van der Waals surface area contributed by atoms with Crippen LogP contribution in [0.5, 0.6) is 5.75 Å². The minimum Gasteiger partial charge on any atom is -0.478 e. The summed E-state index contributed by atoms with van der Waals surface area (Å²) < 4.78 is 8.70. The highest BCUT2D eigenvalue weighted by atomic mass is 35.5. The van der Waals surface area contributed by atoms with Crippen LogP contribution >= 0.6 is 11.6 Å². The number of halogens is 1. The van der Waals surface area contributed by atoms with Gasteiger partial charge in [-0.1, -0.05) is 11.6 Å². The second-order valence-electron chi connectivity index (χ2n) is 14.9. The first-order valence-electron chi connectivity index (χ1n) is 19.2. The molecule has 298 valence electrons. The minimum absolute atomic E-state index is 0.0455. The van der Waals surface area contributed by atoms with Gasteiger partial charge in [0.05, 0.1) is 35.2 Å². The molecule has 18 heteroatoms. The van der Waals surface area contributed by atoms with E-state index in [0.29, 0.717) is 52.3 Å². The largest absolute Gasteiger partial charge is 0.478 e. The first kappa shape index (κ1) is 38.1. The number of rotatable bonds is 10. The van der Waals surface area contributed by atoms with E-state index in [2.05, 4.69) is 58.8 Å². The number of anilines is 4. The monoisotopic (exact) mass is 796 g/mol. The molecule has 1 unspecified atom stereocenters. The fourth-order valence-electron chi connectivity index (χ4n) is 8.00. The number of ether oxygens (including phenoxy) is 1. The van der Waals surface area contributed by atoms with Gasteiger partial charge in [-0.25, -0.2) is 9.97 Å². The molecule has 0 bridgehead atoms. The Morgan fingerprint density at radius 2 is 1.75 bits per heavy atom. The lowest BCUT2D eigenvalue weighted by Crippen LogP contribution is -2.49. The summed E-state index contributed by atoms with van der Waals surface area (Å²) in [5.41, 5.74) is 3.54. The zero-order chi connectivity index (χ0) is 39.8. The van der Waals surface area contributed by atoms with Gasteiger partial charge >= 0.3 is 0 Å². The number of carbonyl (C=O) groups is 3. The molecule has 1 atom stereocenters. The van der Waals surface area contributed by atoms with Gasteiger partial charge in [0.2, 0.25) is 17.8 Å². The van der Waals surface area contributed by atoms with Gasteiger partial charge in [-0.2, -0.15) is 10.1 Å². The quantitative estimate of drug-likeness (QED) is 0.176. The van der Waals surface area contributed by atoms with Gasteiger partial charge in [-0.05, 0) is 55.5 Å². The standard InChI is InChI=1S/C39H45ClN12O5/c1-41-33(54)22-57-31-17-24-16-25(19-42-36(24)48(2)38(31)56)44-35-29(40)20-43-39(46-35)52-10-8-23(9-11-52)21-50-12-14-51(15-13-50)26-4-5-27-30(18-26)49(3)47-34(27)28-6-7-32(53)45-37(28)55/h4-5,16-20,23,28H,6-15,21-22H2,1-3H3,(H,41,54)(H,43,44,46)(H,45,53,55). The van der Waals surface area contributed by atoms with Gasteiger partial charge < -0.3 is 25.2 Å². The number of amides is 3. The maximum atomic E-state index is 12.8. The molecule has 3 N–H and O–H groups in total. The predicted octanol–water partition coefficient (Wildman–Crippen LogP) is 2.69. The molecule has 0 spiro atoms. The molecule has 4 aromatic heterocycles. The number of nitrogens with one attached hydrogen (secondary N) is 3. The summed E-state index contributed by atoms with van der Waals surface area (Å²) in [6.07, 6.45) is 6.07. The zero-order valence-corrected chi connectivity index (χ0v) is 32.9. The van der Waals surface area contributed by atoms with Crippen molar-refractivity contribution in [2.45, 2.75) is 31.6 Å². The van der Waals surface area contributed by atoms with Crippen LogP contribution in [-0.2, 0) is 28.5 Å². The molecule has 0 radical (unpaired) electrons. The van der Waals surface area contributed by atoms with Crippen LogP contribution in [0.4, 0.5) is 23.1 Å². The summed E-state index contributed by atoms with van der Waals surface area (Å²) in [7, 11) is 5.01. The van der Waals surface area contributed by atoms with Crippen molar-refractivity contribution in [1.29, 1.82) is 0 Å². The summed E-state index contributed by atoms with van der Waals surface area (Å²) in [6, 6.07) is 9.74. The Hall–Kier alpha value is -5.81. The van der Waals surface area contributed by atoms with E-state index in [9.17, 15) is 19.2 Å². The Morgan fingerprint density at radius 3 is 2.51 bits per heavy atom. The molecule has 8 rings (SSSR count). The smallest absolute Gasteiger partial charge is 0.294 e. The molecule has 1 aromatic carbocycles. The normalized spacial score (nSPS) is 18.3. The summed E-state index contributed by atoms with van der Waals surface area (Å²) in [6.45, 7) is 6.24. The molecule has 7 heterocycles. The summed E-state index contributed by atoms with van der Waals surface area (Å²) in [5, 5.41) is 14.8. The Balaban J connectivity index is 0.850. The van der Waals surface area contributed by atoms with E-state index >= 15 is 0 Å². The first-order valence-corrected chi connectivity index (χ1v) is 19.6. The first-order chi connectivity index (χ1) is 27.5. The van der Waals surface area contributed by atoms with Crippen LogP contribution < -0.4 is 36.0 Å². The molecule has 3 saturated heterocycles. The molecule has 0 aliphatic carbocycles. The third kappa shape index (κ3) is 7.94. The average molecular weight is 797 g/mol. The van der Waals surface area contributed by atoms with Crippen LogP contribution in [-0.4, -0.2) is 111 Å². The van der Waals surface area contributed by atoms with Gasteiger partial charge in [-0.3, -0.25) is 38.6 Å². The van der Waals surface area contributed by atoms with Crippen molar-refractivity contribution >= 4 is 74.4 Å². The molecule has 0 saturated carbocycles. The van der Waals surface area contributed by atoms with Gasteiger partial charge in [-0.15, -0.1) is 0 Å². The third-order valence-corrected chi connectivity index (χ3v) is 11.5. The number of aromatic nitrogens is 6. The predicted molar refractivity (Wildman–Crippen MR) is 216 cm³/mol. The van der Waals surface area contributed by atoms with E-state index in [4.69, 9.17) is 26.4 Å². The molecule has 3 aliphatic heterocycles. The average Bonchev–Trinajstić information content (AvgIpc) is 3.54. The number of imide groups is 1. The van der Waals surface area contributed by atoms with Crippen molar-refractivity contribution < 1.29 is 19.1 Å². The van der Waals surface area contributed by atoms with Crippen LogP contribution in [0.15, 0.2) is 47.5 Å². The van der Waals surface area contributed by atoms with Crippen LogP contribution in [0, 0.1) is 5.92 Å². The van der Waals surface area contributed by atoms with Crippen LogP contribution in [0.2, 0.25) is 5.02 Å². The third-order valence-electron chi connectivity index (χ3n) is 11.2. The molecule has 57 heavy (non-hydrogen) atoms. The van der Waals surface area contributed by atoms with Crippen molar-refractivity contribution in [2.24, 2.45) is 20.0 Å². The van der Waals surface area contributed by atoms with E-state index in [-0.39, 0.29) is 30.1 Å². The number of benzene rings is 1. The number of carbonyl (C=O) groups excluding carboxylic acids is 3.